The summed E-state index contributed by atoms with van der Waals surface area (Å²) in [4.78, 5) is 14.0. The zero-order valence-electron chi connectivity index (χ0n) is 15.7. The number of hydrogen-bond acceptors (Lipinski definition) is 4. The molecule has 1 aliphatic heterocycles. The molecule has 0 spiro atoms. The SMILES string of the molecule is Cc1cc(S(=O)(=O)N2CCN(C(=O)C(C)C)CC2)ccc1OC(C)C. The van der Waals surface area contributed by atoms with Crippen LogP contribution in [0.3, 0.4) is 0 Å². The Morgan fingerprint density at radius 3 is 2.16 bits per heavy atom. The van der Waals surface area contributed by atoms with Crippen LogP contribution in [0.2, 0.25) is 0 Å². The van der Waals surface area contributed by atoms with E-state index in [-0.39, 0.29) is 22.8 Å². The van der Waals surface area contributed by atoms with Crippen LogP contribution in [-0.4, -0.2) is 55.8 Å². The zero-order valence-corrected chi connectivity index (χ0v) is 16.5. The molecule has 0 radical (unpaired) electrons. The largest absolute Gasteiger partial charge is 0.491 e. The van der Waals surface area contributed by atoms with E-state index in [2.05, 4.69) is 0 Å². The maximum absolute atomic E-state index is 12.9. The second-order valence-corrected chi connectivity index (χ2v) is 8.92. The van der Waals surface area contributed by atoms with Gasteiger partial charge in [0.15, 0.2) is 0 Å². The first-order chi connectivity index (χ1) is 11.6. The van der Waals surface area contributed by atoms with Gasteiger partial charge in [-0.05, 0) is 44.5 Å². The summed E-state index contributed by atoms with van der Waals surface area (Å²) in [7, 11) is -3.56. The Kier molecular flexibility index (Phi) is 6.11. The van der Waals surface area contributed by atoms with Crippen molar-refractivity contribution in [2.45, 2.75) is 45.6 Å². The maximum Gasteiger partial charge on any atom is 0.243 e. The van der Waals surface area contributed by atoms with E-state index in [4.69, 9.17) is 4.74 Å². The molecule has 0 bridgehead atoms. The van der Waals surface area contributed by atoms with Gasteiger partial charge in [0.05, 0.1) is 11.0 Å². The van der Waals surface area contributed by atoms with Crippen molar-refractivity contribution < 1.29 is 17.9 Å². The average molecular weight is 368 g/mol. The zero-order chi connectivity index (χ0) is 18.8. The Labute approximate surface area is 150 Å². The first-order valence-corrected chi connectivity index (χ1v) is 10.1. The number of hydrogen-bond donors (Lipinski definition) is 0. The highest BCUT2D eigenvalue weighted by Gasteiger charge is 2.31. The van der Waals surface area contributed by atoms with Crippen LogP contribution in [0.4, 0.5) is 0 Å². The number of sulfonamides is 1. The van der Waals surface area contributed by atoms with E-state index >= 15 is 0 Å². The van der Waals surface area contributed by atoms with Crippen molar-refractivity contribution in [3.05, 3.63) is 23.8 Å². The first-order valence-electron chi connectivity index (χ1n) is 8.69. The fraction of sp³-hybridized carbons (Fsp3) is 0.611. The van der Waals surface area contributed by atoms with Crippen molar-refractivity contribution in [1.82, 2.24) is 9.21 Å². The molecule has 1 heterocycles. The van der Waals surface area contributed by atoms with E-state index in [9.17, 15) is 13.2 Å². The summed E-state index contributed by atoms with van der Waals surface area (Å²) in [6, 6.07) is 4.95. The van der Waals surface area contributed by atoms with Gasteiger partial charge in [-0.2, -0.15) is 4.31 Å². The van der Waals surface area contributed by atoms with Crippen LogP contribution in [0.25, 0.3) is 0 Å². The summed E-state index contributed by atoms with van der Waals surface area (Å²) in [5.41, 5.74) is 0.795. The van der Waals surface area contributed by atoms with Crippen molar-refractivity contribution in [3.63, 3.8) is 0 Å². The Hall–Kier alpha value is -1.60. The second kappa shape index (κ2) is 7.74. The van der Waals surface area contributed by atoms with Gasteiger partial charge in [-0.25, -0.2) is 8.42 Å². The van der Waals surface area contributed by atoms with E-state index < -0.39 is 10.0 Å². The van der Waals surface area contributed by atoms with Gasteiger partial charge in [-0.15, -0.1) is 0 Å². The third-order valence-corrected chi connectivity index (χ3v) is 6.09. The summed E-state index contributed by atoms with van der Waals surface area (Å²) in [6.07, 6.45) is 0.0349. The quantitative estimate of drug-likeness (QED) is 0.800. The number of nitrogens with zero attached hydrogens (tertiary/aromatic N) is 2. The molecular weight excluding hydrogens is 340 g/mol. The molecule has 1 fully saturated rings. The van der Waals surface area contributed by atoms with Crippen LogP contribution >= 0.6 is 0 Å². The van der Waals surface area contributed by atoms with Crippen molar-refractivity contribution in [2.24, 2.45) is 5.92 Å². The topological polar surface area (TPSA) is 66.9 Å². The number of benzene rings is 1. The van der Waals surface area contributed by atoms with Crippen LogP contribution in [0.5, 0.6) is 5.75 Å². The number of aryl methyl sites for hydroxylation is 1. The molecule has 2 rings (SSSR count). The lowest BCUT2D eigenvalue weighted by Crippen LogP contribution is -2.51. The van der Waals surface area contributed by atoms with Crippen molar-refractivity contribution in [2.75, 3.05) is 26.2 Å². The van der Waals surface area contributed by atoms with Gasteiger partial charge < -0.3 is 9.64 Å². The molecule has 1 aromatic carbocycles. The third kappa shape index (κ3) is 4.52. The van der Waals surface area contributed by atoms with Crippen LogP contribution in [-0.2, 0) is 14.8 Å². The number of rotatable bonds is 5. The minimum Gasteiger partial charge on any atom is -0.491 e. The predicted molar refractivity (Wildman–Crippen MR) is 97.1 cm³/mol. The summed E-state index contributed by atoms with van der Waals surface area (Å²) in [5.74, 6) is 0.698. The molecule has 7 heteroatoms. The molecular formula is C18H28N2O4S. The first kappa shape index (κ1) is 19.7. The van der Waals surface area contributed by atoms with Crippen LogP contribution in [0.15, 0.2) is 23.1 Å². The van der Waals surface area contributed by atoms with E-state index in [1.54, 1.807) is 23.1 Å². The maximum atomic E-state index is 12.9. The molecule has 0 aliphatic carbocycles. The van der Waals surface area contributed by atoms with Gasteiger partial charge >= 0.3 is 0 Å². The Balaban J connectivity index is 2.12. The normalized spacial score (nSPS) is 16.5. The highest BCUT2D eigenvalue weighted by Crippen LogP contribution is 2.25. The second-order valence-electron chi connectivity index (χ2n) is 6.98. The van der Waals surface area contributed by atoms with Crippen LogP contribution in [0.1, 0.15) is 33.3 Å². The molecule has 0 aromatic heterocycles. The van der Waals surface area contributed by atoms with Gasteiger partial charge in [-0.1, -0.05) is 13.8 Å². The molecule has 1 aromatic rings. The monoisotopic (exact) mass is 368 g/mol. The Bertz CT molecular complexity index is 721. The minimum atomic E-state index is -3.56. The fourth-order valence-corrected chi connectivity index (χ4v) is 4.34. The van der Waals surface area contributed by atoms with E-state index in [0.717, 1.165) is 5.56 Å². The lowest BCUT2D eigenvalue weighted by Gasteiger charge is -2.35. The molecule has 0 atom stereocenters. The summed E-state index contributed by atoms with van der Waals surface area (Å²) in [5, 5.41) is 0. The smallest absolute Gasteiger partial charge is 0.243 e. The summed E-state index contributed by atoms with van der Waals surface area (Å²) in [6.45, 7) is 10.9. The number of piperazine rings is 1. The fourth-order valence-electron chi connectivity index (χ4n) is 2.83. The van der Waals surface area contributed by atoms with Gasteiger partial charge in [-0.3, -0.25) is 4.79 Å². The molecule has 6 nitrogen and oxygen atoms in total. The number of carbonyl (C=O) groups is 1. The summed E-state index contributed by atoms with van der Waals surface area (Å²) >= 11 is 0. The van der Waals surface area contributed by atoms with Crippen LogP contribution < -0.4 is 4.74 Å². The molecule has 0 N–H and O–H groups in total. The lowest BCUT2D eigenvalue weighted by molar-refractivity contribution is -0.135. The van der Waals surface area contributed by atoms with Crippen molar-refractivity contribution >= 4 is 15.9 Å². The Morgan fingerprint density at radius 1 is 1.08 bits per heavy atom. The highest BCUT2D eigenvalue weighted by atomic mass is 32.2. The van der Waals surface area contributed by atoms with Gasteiger partial charge in [0.2, 0.25) is 15.9 Å². The van der Waals surface area contributed by atoms with E-state index in [1.165, 1.54) is 4.31 Å². The number of carbonyl (C=O) groups excluding carboxylic acids is 1. The van der Waals surface area contributed by atoms with Gasteiger partial charge in [0.1, 0.15) is 5.75 Å². The third-order valence-electron chi connectivity index (χ3n) is 4.19. The number of ether oxygens (including phenoxy) is 1. The van der Waals surface area contributed by atoms with Gasteiger partial charge in [0, 0.05) is 32.1 Å². The van der Waals surface area contributed by atoms with E-state index in [0.29, 0.717) is 31.9 Å². The lowest BCUT2D eigenvalue weighted by atomic mass is 10.2. The van der Waals surface area contributed by atoms with Crippen molar-refractivity contribution in [1.29, 1.82) is 0 Å². The molecule has 25 heavy (non-hydrogen) atoms. The average Bonchev–Trinajstić information content (AvgIpc) is 2.55. The molecule has 0 unspecified atom stereocenters. The van der Waals surface area contributed by atoms with E-state index in [1.807, 2.05) is 34.6 Å². The van der Waals surface area contributed by atoms with Gasteiger partial charge in [0.25, 0.3) is 0 Å². The molecule has 1 amide bonds. The Morgan fingerprint density at radius 2 is 1.68 bits per heavy atom. The molecule has 1 aliphatic rings. The molecule has 0 saturated carbocycles. The van der Waals surface area contributed by atoms with Crippen LogP contribution in [0, 0.1) is 12.8 Å². The highest BCUT2D eigenvalue weighted by molar-refractivity contribution is 7.89. The standard InChI is InChI=1S/C18H28N2O4S/c1-13(2)18(21)19-8-10-20(11-9-19)25(22,23)16-6-7-17(15(5)12-16)24-14(3)4/h6-7,12-14H,8-11H2,1-5H3. The van der Waals surface area contributed by atoms with Crippen molar-refractivity contribution in [3.8, 4) is 5.75 Å². The molecule has 1 saturated heterocycles. The summed E-state index contributed by atoms with van der Waals surface area (Å²) < 4.78 is 32.9. The minimum absolute atomic E-state index is 0.0349. The molecule has 140 valence electrons. The predicted octanol–water partition coefficient (Wildman–Crippen LogP) is 2.27. The number of amides is 1.